The number of benzene rings is 2. The number of amides is 1. The van der Waals surface area contributed by atoms with Gasteiger partial charge in [0.15, 0.2) is 0 Å². The molecule has 0 atom stereocenters. The van der Waals surface area contributed by atoms with Crippen molar-refractivity contribution in [1.82, 2.24) is 0 Å². The Morgan fingerprint density at radius 2 is 1.81 bits per heavy atom. The minimum absolute atomic E-state index is 0.105. The molecule has 106 valence electrons. The van der Waals surface area contributed by atoms with Gasteiger partial charge in [0.2, 0.25) is 0 Å². The first-order valence-electron chi connectivity index (χ1n) is 6.13. The van der Waals surface area contributed by atoms with Crippen molar-refractivity contribution in [2.45, 2.75) is 0 Å². The zero-order chi connectivity index (χ0) is 15.2. The van der Waals surface area contributed by atoms with Gasteiger partial charge in [-0.2, -0.15) is 0 Å². The molecule has 2 aromatic carbocycles. The minimum Gasteiger partial charge on any atom is -0.478 e. The molecule has 0 heterocycles. The Kier molecular flexibility index (Phi) is 4.46. The van der Waals surface area contributed by atoms with Gasteiger partial charge < -0.3 is 10.4 Å². The summed E-state index contributed by atoms with van der Waals surface area (Å²) in [5.74, 6) is -2.40. The largest absolute Gasteiger partial charge is 0.478 e. The smallest absolute Gasteiger partial charge is 0.328 e. The molecule has 0 aliphatic rings. The number of carbonyl (C=O) groups excluding carboxylic acids is 1. The van der Waals surface area contributed by atoms with Crippen LogP contribution in [0.1, 0.15) is 15.9 Å². The predicted octanol–water partition coefficient (Wildman–Crippen LogP) is 3.18. The molecule has 1 amide bonds. The lowest BCUT2D eigenvalue weighted by Gasteiger charge is -2.06. The molecule has 2 N–H and O–H groups in total. The number of carbonyl (C=O) groups is 2. The van der Waals surface area contributed by atoms with Crippen LogP contribution in [0.5, 0.6) is 0 Å². The molecule has 0 unspecified atom stereocenters. The molecule has 4 nitrogen and oxygen atoms in total. The average Bonchev–Trinajstić information content (AvgIpc) is 2.46. The first kappa shape index (κ1) is 14.5. The normalized spacial score (nSPS) is 10.5. The molecule has 2 rings (SSSR count). The molecule has 0 aromatic heterocycles. The average molecular weight is 285 g/mol. The van der Waals surface area contributed by atoms with Crippen molar-refractivity contribution in [2.75, 3.05) is 5.32 Å². The lowest BCUT2D eigenvalue weighted by atomic mass is 10.1. The van der Waals surface area contributed by atoms with Crippen LogP contribution in [0.2, 0.25) is 0 Å². The van der Waals surface area contributed by atoms with Gasteiger partial charge in [-0.15, -0.1) is 0 Å². The van der Waals surface area contributed by atoms with Crippen LogP contribution in [-0.4, -0.2) is 17.0 Å². The highest BCUT2D eigenvalue weighted by Gasteiger charge is 2.11. The van der Waals surface area contributed by atoms with Crippen LogP contribution in [0.4, 0.5) is 10.1 Å². The maximum Gasteiger partial charge on any atom is 0.328 e. The highest BCUT2D eigenvalue weighted by molar-refractivity contribution is 6.04. The van der Waals surface area contributed by atoms with Crippen LogP contribution in [0, 0.1) is 5.82 Å². The van der Waals surface area contributed by atoms with Gasteiger partial charge in [-0.3, -0.25) is 4.79 Å². The van der Waals surface area contributed by atoms with E-state index in [0.29, 0.717) is 11.3 Å². The summed E-state index contributed by atoms with van der Waals surface area (Å²) in [4.78, 5) is 22.3. The molecular formula is C16H12FNO3. The Morgan fingerprint density at radius 3 is 2.43 bits per heavy atom. The van der Waals surface area contributed by atoms with Gasteiger partial charge in [0, 0.05) is 11.8 Å². The van der Waals surface area contributed by atoms with Crippen LogP contribution < -0.4 is 5.32 Å². The maximum absolute atomic E-state index is 13.9. The number of anilines is 1. The van der Waals surface area contributed by atoms with Crippen LogP contribution >= 0.6 is 0 Å². The fraction of sp³-hybridized carbons (Fsp3) is 0. The fourth-order valence-electron chi connectivity index (χ4n) is 1.71. The van der Waals surface area contributed by atoms with E-state index in [9.17, 15) is 14.0 Å². The van der Waals surface area contributed by atoms with E-state index in [1.54, 1.807) is 30.3 Å². The van der Waals surface area contributed by atoms with E-state index in [0.717, 1.165) is 12.1 Å². The maximum atomic E-state index is 13.9. The molecule has 2 aromatic rings. The van der Waals surface area contributed by atoms with Gasteiger partial charge in [0.25, 0.3) is 5.91 Å². The Morgan fingerprint density at radius 1 is 1.10 bits per heavy atom. The lowest BCUT2D eigenvalue weighted by molar-refractivity contribution is -0.131. The Bertz CT molecular complexity index is 696. The van der Waals surface area contributed by atoms with E-state index < -0.39 is 17.7 Å². The Balaban J connectivity index is 2.17. The lowest BCUT2D eigenvalue weighted by Crippen LogP contribution is -2.13. The van der Waals surface area contributed by atoms with Gasteiger partial charge >= 0.3 is 5.97 Å². The number of carboxylic acids is 1. The van der Waals surface area contributed by atoms with Crippen molar-refractivity contribution in [3.63, 3.8) is 0 Å². The monoisotopic (exact) mass is 285 g/mol. The van der Waals surface area contributed by atoms with Crippen molar-refractivity contribution >= 4 is 23.6 Å². The first-order valence-corrected chi connectivity index (χ1v) is 6.13. The van der Waals surface area contributed by atoms with Crippen molar-refractivity contribution in [2.24, 2.45) is 0 Å². The van der Waals surface area contributed by atoms with Crippen LogP contribution in [0.15, 0.2) is 54.6 Å². The first-order chi connectivity index (χ1) is 10.1. The molecule has 0 saturated heterocycles. The summed E-state index contributed by atoms with van der Waals surface area (Å²) in [5.41, 5.74) is 0.828. The van der Waals surface area contributed by atoms with E-state index in [-0.39, 0.29) is 5.56 Å². The van der Waals surface area contributed by atoms with Crippen molar-refractivity contribution in [3.8, 4) is 0 Å². The van der Waals surface area contributed by atoms with Crippen molar-refractivity contribution in [3.05, 3.63) is 71.6 Å². The van der Waals surface area contributed by atoms with Crippen LogP contribution in [-0.2, 0) is 4.79 Å². The number of hydrogen-bond acceptors (Lipinski definition) is 2. The summed E-state index contributed by atoms with van der Waals surface area (Å²) in [6, 6.07) is 12.6. The second kappa shape index (κ2) is 6.47. The van der Waals surface area contributed by atoms with E-state index in [2.05, 4.69) is 5.32 Å². The number of hydrogen-bond donors (Lipinski definition) is 2. The van der Waals surface area contributed by atoms with Crippen molar-refractivity contribution in [1.29, 1.82) is 0 Å². The van der Waals surface area contributed by atoms with Crippen LogP contribution in [0.25, 0.3) is 6.08 Å². The third-order valence-corrected chi connectivity index (χ3v) is 2.69. The summed E-state index contributed by atoms with van der Waals surface area (Å²) in [6.45, 7) is 0. The Hall–Kier alpha value is -2.95. The Labute approximate surface area is 120 Å². The molecule has 0 saturated carbocycles. The standard InChI is InChI=1S/C16H12FNO3/c17-14-10-11(7-9-15(19)20)6-8-13(14)16(21)18-12-4-2-1-3-5-12/h1-10H,(H,18,21)(H,19,20). The molecule has 0 aliphatic carbocycles. The van der Waals surface area contributed by atoms with Gasteiger partial charge in [-0.25, -0.2) is 9.18 Å². The van der Waals surface area contributed by atoms with E-state index in [4.69, 9.17) is 5.11 Å². The quantitative estimate of drug-likeness (QED) is 0.848. The summed E-state index contributed by atoms with van der Waals surface area (Å²) >= 11 is 0. The van der Waals surface area contributed by atoms with Crippen LogP contribution in [0.3, 0.4) is 0 Å². The van der Waals surface area contributed by atoms with Gasteiger partial charge in [-0.05, 0) is 35.9 Å². The molecule has 0 fully saturated rings. The zero-order valence-electron chi connectivity index (χ0n) is 10.9. The zero-order valence-corrected chi connectivity index (χ0v) is 10.9. The summed E-state index contributed by atoms with van der Waals surface area (Å²) in [5, 5.41) is 11.1. The fourth-order valence-corrected chi connectivity index (χ4v) is 1.71. The number of nitrogens with one attached hydrogen (secondary N) is 1. The number of aliphatic carboxylic acids is 1. The summed E-state index contributed by atoms with van der Waals surface area (Å²) in [7, 11) is 0. The van der Waals surface area contributed by atoms with Gasteiger partial charge in [-0.1, -0.05) is 24.3 Å². The molecule has 5 heteroatoms. The van der Waals surface area contributed by atoms with E-state index >= 15 is 0 Å². The second-order valence-electron chi connectivity index (χ2n) is 4.23. The third-order valence-electron chi connectivity index (χ3n) is 2.69. The number of rotatable bonds is 4. The number of para-hydroxylation sites is 1. The SMILES string of the molecule is O=C(O)C=Cc1ccc(C(=O)Nc2ccccc2)c(F)c1. The van der Waals surface area contributed by atoms with E-state index in [1.807, 2.05) is 0 Å². The third kappa shape index (κ3) is 4.01. The minimum atomic E-state index is -1.12. The molecular weight excluding hydrogens is 273 g/mol. The van der Waals surface area contributed by atoms with Gasteiger partial charge in [0.1, 0.15) is 5.82 Å². The van der Waals surface area contributed by atoms with Gasteiger partial charge in [0.05, 0.1) is 5.56 Å². The summed E-state index contributed by atoms with van der Waals surface area (Å²) < 4.78 is 13.9. The highest BCUT2D eigenvalue weighted by Crippen LogP contribution is 2.14. The number of carboxylic acid groups (broad SMARTS) is 1. The van der Waals surface area contributed by atoms with E-state index in [1.165, 1.54) is 18.2 Å². The molecule has 0 bridgehead atoms. The topological polar surface area (TPSA) is 66.4 Å². The molecule has 0 aliphatic heterocycles. The van der Waals surface area contributed by atoms with Crippen molar-refractivity contribution < 1.29 is 19.1 Å². The number of halogens is 1. The molecule has 0 spiro atoms. The highest BCUT2D eigenvalue weighted by atomic mass is 19.1. The molecule has 0 radical (unpaired) electrons. The molecule has 21 heavy (non-hydrogen) atoms. The summed E-state index contributed by atoms with van der Waals surface area (Å²) in [6.07, 6.45) is 2.16. The second-order valence-corrected chi connectivity index (χ2v) is 4.23. The predicted molar refractivity (Wildman–Crippen MR) is 77.5 cm³/mol.